The molecule has 0 saturated heterocycles. The van der Waals surface area contributed by atoms with Gasteiger partial charge in [0.2, 0.25) is 0 Å². The fourth-order valence-electron chi connectivity index (χ4n) is 3.92. The monoisotopic (exact) mass is 357 g/mol. The number of ether oxygens (including phenoxy) is 1. The molecule has 3 heteroatoms. The SMILES string of the molecule is c1ccc(P(CC2=NC3c4ccccc4CC3O2)c2ccccc2)cc1. The predicted octanol–water partition coefficient (Wildman–Crippen LogP) is 4.21. The number of hydrogen-bond acceptors (Lipinski definition) is 2. The van der Waals surface area contributed by atoms with Crippen molar-refractivity contribution in [3.63, 3.8) is 0 Å². The lowest BCUT2D eigenvalue weighted by molar-refractivity contribution is 0.205. The number of nitrogens with zero attached hydrogens (tertiary/aromatic N) is 1. The van der Waals surface area contributed by atoms with Gasteiger partial charge in [0, 0.05) is 6.42 Å². The maximum atomic E-state index is 6.31. The van der Waals surface area contributed by atoms with Crippen LogP contribution in [0.25, 0.3) is 0 Å². The molecule has 0 radical (unpaired) electrons. The lowest BCUT2D eigenvalue weighted by atomic mass is 10.1. The molecule has 0 bridgehead atoms. The number of rotatable bonds is 4. The van der Waals surface area contributed by atoms with E-state index in [1.54, 1.807) is 0 Å². The van der Waals surface area contributed by atoms with Gasteiger partial charge in [-0.2, -0.15) is 0 Å². The van der Waals surface area contributed by atoms with Gasteiger partial charge in [0.05, 0.1) is 6.16 Å². The molecule has 2 aliphatic rings. The summed E-state index contributed by atoms with van der Waals surface area (Å²) < 4.78 is 6.31. The molecule has 0 fully saturated rings. The van der Waals surface area contributed by atoms with Crippen LogP contribution in [0, 0.1) is 0 Å². The van der Waals surface area contributed by atoms with Gasteiger partial charge in [-0.15, -0.1) is 0 Å². The van der Waals surface area contributed by atoms with Gasteiger partial charge in [-0.1, -0.05) is 84.9 Å². The van der Waals surface area contributed by atoms with E-state index in [1.807, 2.05) is 0 Å². The summed E-state index contributed by atoms with van der Waals surface area (Å²) in [4.78, 5) is 4.99. The first-order valence-electron chi connectivity index (χ1n) is 9.07. The molecule has 0 N–H and O–H groups in total. The summed E-state index contributed by atoms with van der Waals surface area (Å²) in [5.41, 5.74) is 2.73. The number of fused-ring (bicyclic) bond motifs is 3. The molecule has 0 amide bonds. The van der Waals surface area contributed by atoms with Crippen LogP contribution in [0.3, 0.4) is 0 Å². The molecular weight excluding hydrogens is 337 g/mol. The fraction of sp³-hybridized carbons (Fsp3) is 0.174. The van der Waals surface area contributed by atoms with Crippen LogP contribution in [-0.2, 0) is 11.2 Å². The second-order valence-electron chi connectivity index (χ2n) is 6.78. The summed E-state index contributed by atoms with van der Waals surface area (Å²) in [5, 5.41) is 2.75. The van der Waals surface area contributed by atoms with Gasteiger partial charge in [0.15, 0.2) is 5.90 Å². The summed E-state index contributed by atoms with van der Waals surface area (Å²) in [6.07, 6.45) is 2.03. The lowest BCUT2D eigenvalue weighted by Crippen LogP contribution is -2.20. The van der Waals surface area contributed by atoms with Gasteiger partial charge < -0.3 is 4.74 Å². The van der Waals surface area contributed by atoms with Crippen molar-refractivity contribution in [3.8, 4) is 0 Å². The van der Waals surface area contributed by atoms with Crippen LogP contribution in [0.4, 0.5) is 0 Å². The van der Waals surface area contributed by atoms with E-state index in [0.29, 0.717) is 0 Å². The summed E-state index contributed by atoms with van der Waals surface area (Å²) >= 11 is 0. The van der Waals surface area contributed by atoms with Crippen LogP contribution in [0.5, 0.6) is 0 Å². The number of hydrogen-bond donors (Lipinski definition) is 0. The molecule has 0 aromatic heterocycles. The largest absolute Gasteiger partial charge is 0.474 e. The zero-order chi connectivity index (χ0) is 17.3. The molecule has 2 nitrogen and oxygen atoms in total. The molecule has 3 aromatic rings. The van der Waals surface area contributed by atoms with Crippen LogP contribution >= 0.6 is 7.92 Å². The molecular formula is C23H20NOP. The van der Waals surface area contributed by atoms with E-state index in [1.165, 1.54) is 21.7 Å². The van der Waals surface area contributed by atoms with E-state index in [4.69, 9.17) is 9.73 Å². The van der Waals surface area contributed by atoms with E-state index >= 15 is 0 Å². The first kappa shape index (κ1) is 15.8. The predicted molar refractivity (Wildman–Crippen MR) is 109 cm³/mol. The third-order valence-corrected chi connectivity index (χ3v) is 7.58. The summed E-state index contributed by atoms with van der Waals surface area (Å²) in [6, 6.07) is 30.3. The minimum absolute atomic E-state index is 0.185. The summed E-state index contributed by atoms with van der Waals surface area (Å²) in [6.45, 7) is 0. The first-order valence-corrected chi connectivity index (χ1v) is 10.6. The molecule has 1 aliphatic heterocycles. The zero-order valence-corrected chi connectivity index (χ0v) is 15.3. The minimum Gasteiger partial charge on any atom is -0.474 e. The van der Waals surface area contributed by atoms with Gasteiger partial charge in [0.1, 0.15) is 12.1 Å². The van der Waals surface area contributed by atoms with E-state index in [2.05, 4.69) is 84.9 Å². The molecule has 1 aliphatic carbocycles. The summed E-state index contributed by atoms with van der Waals surface area (Å²) in [5.74, 6) is 0.924. The maximum absolute atomic E-state index is 6.31. The van der Waals surface area contributed by atoms with Crippen molar-refractivity contribution in [2.75, 3.05) is 6.16 Å². The smallest absolute Gasteiger partial charge is 0.189 e. The van der Waals surface area contributed by atoms with Crippen molar-refractivity contribution >= 4 is 24.4 Å². The molecule has 2 atom stereocenters. The highest BCUT2D eigenvalue weighted by molar-refractivity contribution is 7.73. The number of benzene rings is 3. The highest BCUT2D eigenvalue weighted by Crippen LogP contribution is 2.42. The van der Waals surface area contributed by atoms with Gasteiger partial charge in [0.25, 0.3) is 0 Å². The highest BCUT2D eigenvalue weighted by atomic mass is 31.1. The van der Waals surface area contributed by atoms with Crippen LogP contribution in [0.2, 0.25) is 0 Å². The van der Waals surface area contributed by atoms with E-state index in [-0.39, 0.29) is 12.1 Å². The van der Waals surface area contributed by atoms with Crippen LogP contribution in [0.15, 0.2) is 89.9 Å². The Morgan fingerprint density at radius 1 is 0.808 bits per heavy atom. The Bertz CT molecular complexity index is 899. The Morgan fingerprint density at radius 2 is 1.42 bits per heavy atom. The standard InChI is InChI=1S/C23H20NOP/c1-3-10-18(11-4-1)26(19-12-5-2-6-13-19)16-22-24-23-20-14-8-7-9-17(20)15-21(23)25-22/h1-14,21,23H,15-16H2. The maximum Gasteiger partial charge on any atom is 0.189 e. The Morgan fingerprint density at radius 3 is 2.12 bits per heavy atom. The molecule has 2 unspecified atom stereocenters. The molecule has 5 rings (SSSR count). The topological polar surface area (TPSA) is 21.6 Å². The molecule has 128 valence electrons. The van der Waals surface area contributed by atoms with Crippen LogP contribution in [0.1, 0.15) is 17.2 Å². The third kappa shape index (κ3) is 2.85. The molecule has 3 aromatic carbocycles. The second-order valence-corrected chi connectivity index (χ2v) is 8.99. The Hall–Kier alpha value is -2.44. The Labute approximate surface area is 155 Å². The van der Waals surface area contributed by atoms with E-state index < -0.39 is 7.92 Å². The Balaban J connectivity index is 1.45. The first-order chi connectivity index (χ1) is 12.9. The molecule has 26 heavy (non-hydrogen) atoms. The van der Waals surface area contributed by atoms with Crippen molar-refractivity contribution in [1.29, 1.82) is 0 Å². The van der Waals surface area contributed by atoms with Crippen molar-refractivity contribution in [3.05, 3.63) is 96.1 Å². The Kier molecular flexibility index (Phi) is 4.07. The molecule has 1 heterocycles. The fourth-order valence-corrected chi connectivity index (χ4v) is 6.07. The van der Waals surface area contributed by atoms with Crippen molar-refractivity contribution in [1.82, 2.24) is 0 Å². The van der Waals surface area contributed by atoms with Gasteiger partial charge in [-0.3, -0.25) is 0 Å². The molecule has 0 spiro atoms. The van der Waals surface area contributed by atoms with E-state index in [0.717, 1.165) is 18.5 Å². The zero-order valence-electron chi connectivity index (χ0n) is 14.5. The van der Waals surface area contributed by atoms with Gasteiger partial charge in [-0.25, -0.2) is 4.99 Å². The third-order valence-electron chi connectivity index (χ3n) is 5.15. The summed E-state index contributed by atoms with van der Waals surface area (Å²) in [7, 11) is -0.504. The van der Waals surface area contributed by atoms with Crippen LogP contribution < -0.4 is 10.6 Å². The number of aliphatic imine (C=N–C) groups is 1. The van der Waals surface area contributed by atoms with Gasteiger partial charge in [-0.05, 0) is 29.7 Å². The van der Waals surface area contributed by atoms with Crippen LogP contribution in [-0.4, -0.2) is 18.2 Å². The highest BCUT2D eigenvalue weighted by Gasteiger charge is 2.39. The lowest BCUT2D eigenvalue weighted by Gasteiger charge is -2.19. The van der Waals surface area contributed by atoms with Crippen molar-refractivity contribution < 1.29 is 4.74 Å². The van der Waals surface area contributed by atoms with Crippen molar-refractivity contribution in [2.45, 2.75) is 18.6 Å². The average Bonchev–Trinajstić information content (AvgIpc) is 3.25. The minimum atomic E-state index is -0.504. The van der Waals surface area contributed by atoms with Crippen molar-refractivity contribution in [2.24, 2.45) is 4.99 Å². The average molecular weight is 357 g/mol. The second kappa shape index (κ2) is 6.70. The van der Waals surface area contributed by atoms with E-state index in [9.17, 15) is 0 Å². The molecule has 0 saturated carbocycles. The quantitative estimate of drug-likeness (QED) is 0.641. The van der Waals surface area contributed by atoms with Gasteiger partial charge >= 0.3 is 0 Å². The normalized spacial score (nSPS) is 20.4.